The monoisotopic (exact) mass is 446 g/mol. The van der Waals surface area contributed by atoms with Crippen LogP contribution >= 0.6 is 11.3 Å². The molecular weight excluding hydrogens is 421 g/mol. The van der Waals surface area contributed by atoms with Crippen LogP contribution in [-0.4, -0.2) is 52.4 Å². The fourth-order valence-electron chi connectivity index (χ4n) is 2.69. The second-order valence-electron chi connectivity index (χ2n) is 6.06. The van der Waals surface area contributed by atoms with Gasteiger partial charge in [-0.3, -0.25) is 4.99 Å². The minimum Gasteiger partial charge on any atom is -0.496 e. The highest BCUT2D eigenvalue weighted by Crippen LogP contribution is 2.34. The standard InChI is InChI=1S/C19H25F3N4O3S/c1-23-18(25-8-6-17-26-16(11-30-17)19(20,21)22)24-7-5-13-14(28-3)9-12(27-2)10-15(13)29-4/h9-11H,5-8H2,1-4H3,(H2,23,24,25). The van der Waals surface area contributed by atoms with Gasteiger partial charge in [0.05, 0.1) is 26.3 Å². The van der Waals surface area contributed by atoms with Gasteiger partial charge in [-0.1, -0.05) is 0 Å². The predicted octanol–water partition coefficient (Wildman–Crippen LogP) is 3.14. The molecule has 1 aromatic heterocycles. The van der Waals surface area contributed by atoms with Gasteiger partial charge in [0.1, 0.15) is 17.2 Å². The topological polar surface area (TPSA) is 77.0 Å². The normalized spacial score (nSPS) is 11.9. The molecule has 1 heterocycles. The van der Waals surface area contributed by atoms with Crippen LogP contribution in [0, 0.1) is 0 Å². The van der Waals surface area contributed by atoms with Gasteiger partial charge in [-0.05, 0) is 6.42 Å². The van der Waals surface area contributed by atoms with E-state index < -0.39 is 11.9 Å². The van der Waals surface area contributed by atoms with Crippen molar-refractivity contribution in [1.82, 2.24) is 15.6 Å². The Morgan fingerprint density at radius 1 is 1.03 bits per heavy atom. The van der Waals surface area contributed by atoms with Gasteiger partial charge in [0.25, 0.3) is 0 Å². The van der Waals surface area contributed by atoms with Crippen LogP contribution in [0.2, 0.25) is 0 Å². The molecule has 0 amide bonds. The lowest BCUT2D eigenvalue weighted by Crippen LogP contribution is -2.39. The number of hydrogen-bond donors (Lipinski definition) is 2. The minimum atomic E-state index is -4.41. The Kier molecular flexibility index (Phi) is 8.58. The van der Waals surface area contributed by atoms with Crippen molar-refractivity contribution in [3.05, 3.63) is 33.8 Å². The van der Waals surface area contributed by atoms with Gasteiger partial charge in [-0.15, -0.1) is 11.3 Å². The molecule has 0 aliphatic rings. The fourth-order valence-corrected chi connectivity index (χ4v) is 3.50. The number of nitrogens with zero attached hydrogens (tertiary/aromatic N) is 2. The van der Waals surface area contributed by atoms with Gasteiger partial charge >= 0.3 is 6.18 Å². The largest absolute Gasteiger partial charge is 0.496 e. The number of ether oxygens (including phenoxy) is 3. The molecule has 0 unspecified atom stereocenters. The summed E-state index contributed by atoms with van der Waals surface area (Å²) < 4.78 is 53.9. The molecule has 0 fully saturated rings. The third-order valence-electron chi connectivity index (χ3n) is 4.18. The summed E-state index contributed by atoms with van der Waals surface area (Å²) in [6.45, 7) is 0.938. The highest BCUT2D eigenvalue weighted by atomic mass is 32.1. The lowest BCUT2D eigenvalue weighted by Gasteiger charge is -2.16. The molecule has 166 valence electrons. The maximum absolute atomic E-state index is 12.6. The highest BCUT2D eigenvalue weighted by molar-refractivity contribution is 7.09. The molecule has 30 heavy (non-hydrogen) atoms. The summed E-state index contributed by atoms with van der Waals surface area (Å²) in [5, 5.41) is 7.67. The first-order valence-corrected chi connectivity index (χ1v) is 9.95. The molecule has 2 rings (SSSR count). The van der Waals surface area contributed by atoms with Crippen molar-refractivity contribution in [2.75, 3.05) is 41.5 Å². The van der Waals surface area contributed by atoms with Crippen LogP contribution in [0.4, 0.5) is 13.2 Å². The first-order chi connectivity index (χ1) is 14.3. The third kappa shape index (κ3) is 6.41. The van der Waals surface area contributed by atoms with Crippen molar-refractivity contribution in [2.45, 2.75) is 19.0 Å². The van der Waals surface area contributed by atoms with E-state index in [0.717, 1.165) is 22.3 Å². The van der Waals surface area contributed by atoms with Gasteiger partial charge < -0.3 is 24.8 Å². The number of nitrogens with one attached hydrogen (secondary N) is 2. The maximum Gasteiger partial charge on any atom is 0.434 e. The van der Waals surface area contributed by atoms with Gasteiger partial charge in [-0.25, -0.2) is 4.98 Å². The van der Waals surface area contributed by atoms with E-state index in [1.54, 1.807) is 40.5 Å². The summed E-state index contributed by atoms with van der Waals surface area (Å²) in [4.78, 5) is 7.74. The zero-order valence-corrected chi connectivity index (χ0v) is 18.0. The van der Waals surface area contributed by atoms with E-state index in [1.807, 2.05) is 0 Å². The molecule has 0 aliphatic heterocycles. The molecule has 0 atom stereocenters. The first-order valence-electron chi connectivity index (χ1n) is 9.07. The van der Waals surface area contributed by atoms with E-state index in [4.69, 9.17) is 14.2 Å². The van der Waals surface area contributed by atoms with E-state index >= 15 is 0 Å². The van der Waals surface area contributed by atoms with Crippen molar-refractivity contribution in [1.29, 1.82) is 0 Å². The van der Waals surface area contributed by atoms with Crippen LogP contribution in [0.25, 0.3) is 0 Å². The quantitative estimate of drug-likeness (QED) is 0.455. The molecule has 0 saturated heterocycles. The number of aromatic nitrogens is 1. The molecule has 7 nitrogen and oxygen atoms in total. The third-order valence-corrected chi connectivity index (χ3v) is 5.09. The zero-order chi connectivity index (χ0) is 22.1. The number of guanidine groups is 1. The van der Waals surface area contributed by atoms with E-state index in [-0.39, 0.29) is 0 Å². The Morgan fingerprint density at radius 3 is 2.10 bits per heavy atom. The van der Waals surface area contributed by atoms with Gasteiger partial charge in [-0.2, -0.15) is 13.2 Å². The van der Waals surface area contributed by atoms with Crippen LogP contribution in [0.3, 0.4) is 0 Å². The Bertz CT molecular complexity index is 831. The van der Waals surface area contributed by atoms with Crippen LogP contribution in [-0.2, 0) is 19.0 Å². The molecule has 0 saturated carbocycles. The van der Waals surface area contributed by atoms with E-state index in [9.17, 15) is 13.2 Å². The first kappa shape index (κ1) is 23.6. The summed E-state index contributed by atoms with van der Waals surface area (Å²) in [5.41, 5.74) is 0.0265. The number of thiazole rings is 1. The lowest BCUT2D eigenvalue weighted by atomic mass is 10.1. The number of benzene rings is 1. The zero-order valence-electron chi connectivity index (χ0n) is 17.2. The van der Waals surface area contributed by atoms with Crippen LogP contribution in [0.5, 0.6) is 17.2 Å². The van der Waals surface area contributed by atoms with Crippen molar-refractivity contribution < 1.29 is 27.4 Å². The maximum atomic E-state index is 12.6. The number of alkyl halides is 3. The van der Waals surface area contributed by atoms with Crippen LogP contribution in [0.1, 0.15) is 16.3 Å². The summed E-state index contributed by atoms with van der Waals surface area (Å²) in [6.07, 6.45) is -3.45. The summed E-state index contributed by atoms with van der Waals surface area (Å²) in [6, 6.07) is 3.57. The summed E-state index contributed by atoms with van der Waals surface area (Å²) in [7, 11) is 6.35. The second kappa shape index (κ2) is 10.9. The molecular formula is C19H25F3N4O3S. The average Bonchev–Trinajstić information content (AvgIpc) is 3.21. The number of rotatable bonds is 9. The van der Waals surface area contributed by atoms with E-state index in [2.05, 4.69) is 20.6 Å². The average molecular weight is 446 g/mol. The number of methoxy groups -OCH3 is 3. The number of halogens is 3. The number of hydrogen-bond acceptors (Lipinski definition) is 6. The van der Waals surface area contributed by atoms with E-state index in [0.29, 0.717) is 54.1 Å². The Balaban J connectivity index is 1.87. The molecule has 0 bridgehead atoms. The molecule has 1 aromatic carbocycles. The molecule has 0 spiro atoms. The van der Waals surface area contributed by atoms with Crippen molar-refractivity contribution in [3.63, 3.8) is 0 Å². The Hall–Kier alpha value is -2.69. The van der Waals surface area contributed by atoms with Crippen LogP contribution < -0.4 is 24.8 Å². The molecule has 2 aromatic rings. The van der Waals surface area contributed by atoms with E-state index in [1.165, 1.54) is 0 Å². The second-order valence-corrected chi connectivity index (χ2v) is 7.00. The predicted molar refractivity (Wildman–Crippen MR) is 110 cm³/mol. The van der Waals surface area contributed by atoms with Gasteiger partial charge in [0.15, 0.2) is 11.7 Å². The SMILES string of the molecule is CN=C(NCCc1nc(C(F)(F)F)cs1)NCCc1c(OC)cc(OC)cc1OC. The smallest absolute Gasteiger partial charge is 0.434 e. The van der Waals surface area contributed by atoms with Gasteiger partial charge in [0.2, 0.25) is 0 Å². The lowest BCUT2D eigenvalue weighted by molar-refractivity contribution is -0.140. The Labute approximate surface area is 177 Å². The van der Waals surface area contributed by atoms with Crippen molar-refractivity contribution in [3.8, 4) is 17.2 Å². The molecule has 0 radical (unpaired) electrons. The molecule has 11 heteroatoms. The molecule has 2 N–H and O–H groups in total. The summed E-state index contributed by atoms with van der Waals surface area (Å²) in [5.74, 6) is 2.48. The van der Waals surface area contributed by atoms with Crippen molar-refractivity contribution >= 4 is 17.3 Å². The van der Waals surface area contributed by atoms with Crippen molar-refractivity contribution in [2.24, 2.45) is 4.99 Å². The van der Waals surface area contributed by atoms with Gasteiger partial charge in [0, 0.05) is 49.6 Å². The molecule has 0 aliphatic carbocycles. The Morgan fingerprint density at radius 2 is 1.63 bits per heavy atom. The van der Waals surface area contributed by atoms with Crippen LogP contribution in [0.15, 0.2) is 22.5 Å². The minimum absolute atomic E-state index is 0.363. The fraction of sp³-hybridized carbons (Fsp3) is 0.474. The number of aliphatic imine (C=N–C) groups is 1. The summed E-state index contributed by atoms with van der Waals surface area (Å²) >= 11 is 0.993. The highest BCUT2D eigenvalue weighted by Gasteiger charge is 2.33.